The third kappa shape index (κ3) is 5.89. The first-order chi connectivity index (χ1) is 11.5. The Kier molecular flexibility index (Phi) is 6.58. The second kappa shape index (κ2) is 8.89. The zero-order chi connectivity index (χ0) is 17.4. The average Bonchev–Trinajstić information content (AvgIpc) is 2.56. The lowest BCUT2D eigenvalue weighted by Crippen LogP contribution is -2.34. The van der Waals surface area contributed by atoms with Crippen LogP contribution in [0.5, 0.6) is 0 Å². The molecular weight excluding hydrogens is 324 g/mol. The van der Waals surface area contributed by atoms with Gasteiger partial charge in [0.05, 0.1) is 0 Å². The second-order valence-electron chi connectivity index (χ2n) is 5.28. The smallest absolute Gasteiger partial charge is 0.267 e. The fourth-order valence-corrected chi connectivity index (χ4v) is 2.26. The van der Waals surface area contributed by atoms with Crippen LogP contribution in [0.25, 0.3) is 6.08 Å². The van der Waals surface area contributed by atoms with Crippen molar-refractivity contribution < 1.29 is 9.59 Å². The van der Waals surface area contributed by atoms with E-state index in [-0.39, 0.29) is 17.5 Å². The summed E-state index contributed by atoms with van der Waals surface area (Å²) >= 11 is 5.85. The normalized spacial score (nSPS) is 11.0. The number of amides is 2. The number of hydrogen-bond donors (Lipinski definition) is 2. The summed E-state index contributed by atoms with van der Waals surface area (Å²) in [5.74, 6) is -0.604. The Bertz CT molecular complexity index is 725. The van der Waals surface area contributed by atoms with E-state index >= 15 is 0 Å². The summed E-state index contributed by atoms with van der Waals surface area (Å²) in [4.78, 5) is 23.6. The summed E-state index contributed by atoms with van der Waals surface area (Å²) in [6.45, 7) is 1.84. The minimum Gasteiger partial charge on any atom is -0.350 e. The van der Waals surface area contributed by atoms with E-state index in [9.17, 15) is 9.59 Å². The molecule has 2 N–H and O–H groups in total. The summed E-state index contributed by atoms with van der Waals surface area (Å²) in [5, 5.41) is 6.08. The van der Waals surface area contributed by atoms with Gasteiger partial charge in [-0.2, -0.15) is 0 Å². The summed E-state index contributed by atoms with van der Waals surface area (Å²) < 4.78 is 0. The molecule has 0 unspecified atom stereocenters. The third-order valence-corrected chi connectivity index (χ3v) is 3.53. The molecule has 0 radical (unpaired) electrons. The molecule has 0 aliphatic heterocycles. The minimum absolute atomic E-state index is 0.227. The van der Waals surface area contributed by atoms with E-state index in [4.69, 9.17) is 11.6 Å². The van der Waals surface area contributed by atoms with E-state index < -0.39 is 0 Å². The van der Waals surface area contributed by atoms with Crippen LogP contribution < -0.4 is 10.6 Å². The van der Waals surface area contributed by atoms with Crippen LogP contribution in [0.2, 0.25) is 5.02 Å². The highest BCUT2D eigenvalue weighted by atomic mass is 35.5. The monoisotopic (exact) mass is 342 g/mol. The molecule has 124 valence electrons. The molecule has 0 heterocycles. The van der Waals surface area contributed by atoms with Crippen molar-refractivity contribution in [3.8, 4) is 0 Å². The van der Waals surface area contributed by atoms with Gasteiger partial charge >= 0.3 is 0 Å². The third-order valence-electron chi connectivity index (χ3n) is 3.28. The van der Waals surface area contributed by atoms with Gasteiger partial charge in [-0.15, -0.1) is 0 Å². The lowest BCUT2D eigenvalue weighted by Gasteiger charge is -2.10. The zero-order valence-corrected chi connectivity index (χ0v) is 14.1. The van der Waals surface area contributed by atoms with Crippen molar-refractivity contribution in [2.24, 2.45) is 0 Å². The van der Waals surface area contributed by atoms with E-state index in [2.05, 4.69) is 10.6 Å². The molecule has 0 fully saturated rings. The van der Waals surface area contributed by atoms with Crippen LogP contribution in [-0.4, -0.2) is 18.4 Å². The maximum atomic E-state index is 12.3. The molecule has 5 heteroatoms. The van der Waals surface area contributed by atoms with Gasteiger partial charge in [0.1, 0.15) is 5.70 Å². The van der Waals surface area contributed by atoms with Gasteiger partial charge in [0, 0.05) is 18.5 Å². The zero-order valence-electron chi connectivity index (χ0n) is 13.4. The highest BCUT2D eigenvalue weighted by molar-refractivity contribution is 6.30. The van der Waals surface area contributed by atoms with E-state index in [1.165, 1.54) is 6.92 Å². The summed E-state index contributed by atoms with van der Waals surface area (Å²) in [5.41, 5.74) is 2.15. The average molecular weight is 343 g/mol. The Hall–Kier alpha value is -2.59. The van der Waals surface area contributed by atoms with Gasteiger partial charge in [0.15, 0.2) is 0 Å². The molecule has 0 saturated heterocycles. The maximum Gasteiger partial charge on any atom is 0.267 e. The molecule has 0 bridgehead atoms. The molecule has 2 rings (SSSR count). The Morgan fingerprint density at radius 2 is 1.71 bits per heavy atom. The van der Waals surface area contributed by atoms with Crippen molar-refractivity contribution in [3.05, 3.63) is 76.4 Å². The van der Waals surface area contributed by atoms with E-state index in [1.54, 1.807) is 6.08 Å². The number of halogens is 1. The fraction of sp³-hybridized carbons (Fsp3) is 0.158. The van der Waals surface area contributed by atoms with Gasteiger partial charge in [0.2, 0.25) is 5.91 Å². The SMILES string of the molecule is CC(=O)N/C(=C\c1ccccc1)C(=O)NCCc1ccc(Cl)cc1. The lowest BCUT2D eigenvalue weighted by atomic mass is 10.1. The predicted octanol–water partition coefficient (Wildman–Crippen LogP) is 3.18. The van der Waals surface area contributed by atoms with Crippen molar-refractivity contribution in [2.45, 2.75) is 13.3 Å². The van der Waals surface area contributed by atoms with Crippen molar-refractivity contribution in [1.82, 2.24) is 10.6 Å². The van der Waals surface area contributed by atoms with Crippen LogP contribution in [0.1, 0.15) is 18.1 Å². The molecular formula is C19H19ClN2O2. The van der Waals surface area contributed by atoms with Gasteiger partial charge in [-0.25, -0.2) is 0 Å². The standard InChI is InChI=1S/C19H19ClN2O2/c1-14(23)22-18(13-16-5-3-2-4-6-16)19(24)21-12-11-15-7-9-17(20)10-8-15/h2-10,13H,11-12H2,1H3,(H,21,24)(H,22,23)/b18-13-. The number of carbonyl (C=O) groups is 2. The van der Waals surface area contributed by atoms with Crippen LogP contribution >= 0.6 is 11.6 Å². The van der Waals surface area contributed by atoms with Crippen LogP contribution in [0.4, 0.5) is 0 Å². The highest BCUT2D eigenvalue weighted by Crippen LogP contribution is 2.10. The van der Waals surface area contributed by atoms with E-state index in [0.717, 1.165) is 11.1 Å². The molecule has 0 aromatic heterocycles. The van der Waals surface area contributed by atoms with Crippen LogP contribution in [0.15, 0.2) is 60.3 Å². The van der Waals surface area contributed by atoms with Gasteiger partial charge < -0.3 is 10.6 Å². The van der Waals surface area contributed by atoms with Crippen molar-refractivity contribution in [1.29, 1.82) is 0 Å². The van der Waals surface area contributed by atoms with Crippen LogP contribution in [0, 0.1) is 0 Å². The molecule has 0 atom stereocenters. The highest BCUT2D eigenvalue weighted by Gasteiger charge is 2.10. The first kappa shape index (κ1) is 17.8. The van der Waals surface area contributed by atoms with Crippen molar-refractivity contribution in [3.63, 3.8) is 0 Å². The molecule has 0 aliphatic carbocycles. The molecule has 24 heavy (non-hydrogen) atoms. The number of rotatable bonds is 6. The van der Waals surface area contributed by atoms with Crippen LogP contribution in [0.3, 0.4) is 0 Å². The van der Waals surface area contributed by atoms with E-state index in [0.29, 0.717) is 18.0 Å². The number of hydrogen-bond acceptors (Lipinski definition) is 2. The van der Waals surface area contributed by atoms with Gasteiger partial charge in [-0.3, -0.25) is 9.59 Å². The molecule has 4 nitrogen and oxygen atoms in total. The first-order valence-corrected chi connectivity index (χ1v) is 7.99. The number of nitrogens with one attached hydrogen (secondary N) is 2. The molecule has 2 amide bonds. The molecule has 0 spiro atoms. The predicted molar refractivity (Wildman–Crippen MR) is 96.4 cm³/mol. The second-order valence-corrected chi connectivity index (χ2v) is 5.72. The summed E-state index contributed by atoms with van der Waals surface area (Å²) in [7, 11) is 0. The Morgan fingerprint density at radius 1 is 1.04 bits per heavy atom. The number of benzene rings is 2. The molecule has 2 aromatic carbocycles. The van der Waals surface area contributed by atoms with Crippen LogP contribution in [-0.2, 0) is 16.0 Å². The summed E-state index contributed by atoms with van der Waals surface area (Å²) in [6.07, 6.45) is 2.33. The fourth-order valence-electron chi connectivity index (χ4n) is 2.13. The van der Waals surface area contributed by atoms with Crippen molar-refractivity contribution >= 4 is 29.5 Å². The lowest BCUT2D eigenvalue weighted by molar-refractivity contribution is -0.122. The minimum atomic E-state index is -0.317. The Balaban J connectivity index is 1.98. The molecule has 2 aromatic rings. The van der Waals surface area contributed by atoms with E-state index in [1.807, 2.05) is 54.6 Å². The quantitative estimate of drug-likeness (QED) is 0.792. The van der Waals surface area contributed by atoms with Gasteiger partial charge in [-0.05, 0) is 35.8 Å². The van der Waals surface area contributed by atoms with Gasteiger partial charge in [-0.1, -0.05) is 54.1 Å². The molecule has 0 aliphatic rings. The number of carbonyl (C=O) groups excluding carboxylic acids is 2. The largest absolute Gasteiger partial charge is 0.350 e. The molecule has 0 saturated carbocycles. The van der Waals surface area contributed by atoms with Gasteiger partial charge in [0.25, 0.3) is 5.91 Å². The Labute approximate surface area is 146 Å². The maximum absolute atomic E-state index is 12.3. The first-order valence-electron chi connectivity index (χ1n) is 7.61. The Morgan fingerprint density at radius 3 is 2.33 bits per heavy atom. The summed E-state index contributed by atoms with van der Waals surface area (Å²) in [6, 6.07) is 16.8. The topological polar surface area (TPSA) is 58.2 Å². The van der Waals surface area contributed by atoms with Crippen molar-refractivity contribution in [2.75, 3.05) is 6.54 Å².